The molecule has 0 aliphatic rings. The minimum Gasteiger partial charge on any atom is -0.494 e. The van der Waals surface area contributed by atoms with E-state index >= 15 is 0 Å². The predicted octanol–water partition coefficient (Wildman–Crippen LogP) is 2.52. The van der Waals surface area contributed by atoms with Crippen molar-refractivity contribution in [1.82, 2.24) is 0 Å². The topological polar surface area (TPSA) is 53.7 Å². The summed E-state index contributed by atoms with van der Waals surface area (Å²) in [5.41, 5.74) is 6.63. The van der Waals surface area contributed by atoms with E-state index in [0.717, 1.165) is 6.61 Å². The Bertz CT molecular complexity index is 399. The molecule has 5 heteroatoms. The molecule has 0 aliphatic carbocycles. The highest BCUT2D eigenvalue weighted by Gasteiger charge is 2.10. The second-order valence-electron chi connectivity index (χ2n) is 5.04. The first-order valence-electron chi connectivity index (χ1n) is 6.79. The highest BCUT2D eigenvalue weighted by molar-refractivity contribution is 5.30. The second kappa shape index (κ2) is 8.89. The van der Waals surface area contributed by atoms with Crippen LogP contribution in [-0.2, 0) is 9.47 Å². The summed E-state index contributed by atoms with van der Waals surface area (Å²) >= 11 is 0. The van der Waals surface area contributed by atoms with Gasteiger partial charge >= 0.3 is 0 Å². The lowest BCUT2D eigenvalue weighted by Gasteiger charge is -2.14. The van der Waals surface area contributed by atoms with Crippen LogP contribution in [0.3, 0.4) is 0 Å². The first-order valence-corrected chi connectivity index (χ1v) is 6.79. The minimum absolute atomic E-state index is 0.212. The van der Waals surface area contributed by atoms with Gasteiger partial charge < -0.3 is 19.9 Å². The van der Waals surface area contributed by atoms with Crippen LogP contribution in [0.2, 0.25) is 0 Å². The van der Waals surface area contributed by atoms with Gasteiger partial charge in [0.1, 0.15) is 0 Å². The number of halogens is 1. The summed E-state index contributed by atoms with van der Waals surface area (Å²) in [6.07, 6.45) is 0. The fraction of sp³-hybridized carbons (Fsp3) is 0.600. The predicted molar refractivity (Wildman–Crippen MR) is 76.4 cm³/mol. The molecule has 4 nitrogen and oxygen atoms in total. The van der Waals surface area contributed by atoms with Gasteiger partial charge in [0, 0.05) is 6.61 Å². The summed E-state index contributed by atoms with van der Waals surface area (Å²) in [7, 11) is 1.43. The smallest absolute Gasteiger partial charge is 0.165 e. The van der Waals surface area contributed by atoms with Gasteiger partial charge in [-0.2, -0.15) is 0 Å². The van der Waals surface area contributed by atoms with Crippen molar-refractivity contribution in [3.63, 3.8) is 0 Å². The van der Waals surface area contributed by atoms with Crippen molar-refractivity contribution in [1.29, 1.82) is 0 Å². The Kier molecular flexibility index (Phi) is 7.51. The molecule has 0 saturated heterocycles. The molecule has 114 valence electrons. The van der Waals surface area contributed by atoms with Crippen LogP contribution in [0.15, 0.2) is 18.2 Å². The van der Waals surface area contributed by atoms with E-state index in [0.29, 0.717) is 31.3 Å². The maximum atomic E-state index is 13.5. The van der Waals surface area contributed by atoms with Crippen LogP contribution in [0.1, 0.15) is 25.5 Å². The highest BCUT2D eigenvalue weighted by atomic mass is 19.1. The fourth-order valence-corrected chi connectivity index (χ4v) is 1.66. The third-order valence-corrected chi connectivity index (χ3v) is 2.72. The quantitative estimate of drug-likeness (QED) is 0.708. The van der Waals surface area contributed by atoms with Gasteiger partial charge in [0.2, 0.25) is 0 Å². The third kappa shape index (κ3) is 5.86. The van der Waals surface area contributed by atoms with E-state index in [-0.39, 0.29) is 11.8 Å². The number of ether oxygens (including phenoxy) is 3. The molecule has 1 aromatic rings. The molecular weight excluding hydrogens is 261 g/mol. The number of nitrogens with two attached hydrogens (primary N) is 1. The Morgan fingerprint density at radius 1 is 1.15 bits per heavy atom. The first-order chi connectivity index (χ1) is 9.54. The number of hydrogen-bond acceptors (Lipinski definition) is 4. The Labute approximate surface area is 120 Å². The van der Waals surface area contributed by atoms with Gasteiger partial charge in [0.25, 0.3) is 0 Å². The largest absolute Gasteiger partial charge is 0.494 e. The maximum Gasteiger partial charge on any atom is 0.165 e. The van der Waals surface area contributed by atoms with E-state index in [9.17, 15) is 4.39 Å². The lowest BCUT2D eigenvalue weighted by Crippen LogP contribution is -2.19. The standard InChI is InChI=1S/C15H24FNO3/c1-11(2)9-19-6-7-20-10-14(17)12-4-5-15(18-3)13(16)8-12/h4-5,8,11,14H,6-7,9-10,17H2,1-3H3. The van der Waals surface area contributed by atoms with E-state index in [2.05, 4.69) is 13.8 Å². The van der Waals surface area contributed by atoms with Gasteiger partial charge in [0.05, 0.1) is 33.0 Å². The van der Waals surface area contributed by atoms with Crippen LogP contribution in [0.4, 0.5) is 4.39 Å². The summed E-state index contributed by atoms with van der Waals surface area (Å²) in [5, 5.41) is 0. The Morgan fingerprint density at radius 2 is 1.80 bits per heavy atom. The van der Waals surface area contributed by atoms with Gasteiger partial charge in [-0.25, -0.2) is 4.39 Å². The normalized spacial score (nSPS) is 12.7. The summed E-state index contributed by atoms with van der Waals surface area (Å²) in [5.74, 6) is 0.309. The van der Waals surface area contributed by atoms with Crippen molar-refractivity contribution in [2.24, 2.45) is 11.7 Å². The van der Waals surface area contributed by atoms with Crippen molar-refractivity contribution < 1.29 is 18.6 Å². The van der Waals surface area contributed by atoms with Gasteiger partial charge in [-0.05, 0) is 23.6 Å². The highest BCUT2D eigenvalue weighted by Crippen LogP contribution is 2.20. The molecule has 0 saturated carbocycles. The number of benzene rings is 1. The molecule has 1 unspecified atom stereocenters. The van der Waals surface area contributed by atoms with Crippen LogP contribution >= 0.6 is 0 Å². The molecule has 2 N–H and O–H groups in total. The lowest BCUT2D eigenvalue weighted by molar-refractivity contribution is 0.0333. The van der Waals surface area contributed by atoms with Crippen LogP contribution < -0.4 is 10.5 Å². The summed E-state index contributed by atoms with van der Waals surface area (Å²) in [4.78, 5) is 0. The maximum absolute atomic E-state index is 13.5. The molecule has 20 heavy (non-hydrogen) atoms. The van der Waals surface area contributed by atoms with Crippen LogP contribution in [0.25, 0.3) is 0 Å². The molecule has 0 radical (unpaired) electrons. The molecule has 1 aromatic carbocycles. The molecule has 1 atom stereocenters. The van der Waals surface area contributed by atoms with Crippen LogP contribution in [0.5, 0.6) is 5.75 Å². The molecule has 0 fully saturated rings. The number of methoxy groups -OCH3 is 1. The van der Waals surface area contributed by atoms with Gasteiger partial charge in [-0.1, -0.05) is 19.9 Å². The molecule has 0 spiro atoms. The molecule has 0 bridgehead atoms. The van der Waals surface area contributed by atoms with E-state index < -0.39 is 5.82 Å². The van der Waals surface area contributed by atoms with Gasteiger partial charge in [-0.15, -0.1) is 0 Å². The number of rotatable bonds is 9. The molecule has 1 rings (SSSR count). The van der Waals surface area contributed by atoms with Crippen molar-refractivity contribution in [3.05, 3.63) is 29.6 Å². The molecule has 0 aromatic heterocycles. The van der Waals surface area contributed by atoms with E-state index in [1.165, 1.54) is 13.2 Å². The summed E-state index contributed by atoms with van der Waals surface area (Å²) in [6.45, 7) is 6.26. The molecule has 0 aliphatic heterocycles. The second-order valence-corrected chi connectivity index (χ2v) is 5.04. The first kappa shape index (κ1) is 16.9. The van der Waals surface area contributed by atoms with Crippen molar-refractivity contribution in [3.8, 4) is 5.75 Å². The molecular formula is C15H24FNO3. The minimum atomic E-state index is -0.416. The fourth-order valence-electron chi connectivity index (χ4n) is 1.66. The SMILES string of the molecule is COc1ccc(C(N)COCCOCC(C)C)cc1F. The molecule has 0 amide bonds. The van der Waals surface area contributed by atoms with Crippen molar-refractivity contribution >= 4 is 0 Å². The summed E-state index contributed by atoms with van der Waals surface area (Å²) in [6, 6.07) is 4.32. The average Bonchev–Trinajstić information content (AvgIpc) is 2.42. The zero-order valence-corrected chi connectivity index (χ0v) is 12.4. The Hall–Kier alpha value is -1.17. The molecule has 0 heterocycles. The summed E-state index contributed by atoms with van der Waals surface area (Å²) < 4.78 is 29.2. The van der Waals surface area contributed by atoms with Crippen molar-refractivity contribution in [2.75, 3.05) is 33.5 Å². The van der Waals surface area contributed by atoms with Crippen molar-refractivity contribution in [2.45, 2.75) is 19.9 Å². The van der Waals surface area contributed by atoms with Crippen LogP contribution in [-0.4, -0.2) is 33.5 Å². The van der Waals surface area contributed by atoms with Gasteiger partial charge in [0.15, 0.2) is 11.6 Å². The van der Waals surface area contributed by atoms with Gasteiger partial charge in [-0.3, -0.25) is 0 Å². The Morgan fingerprint density at radius 3 is 2.35 bits per heavy atom. The van der Waals surface area contributed by atoms with E-state index in [4.69, 9.17) is 19.9 Å². The Balaban J connectivity index is 2.29. The zero-order valence-electron chi connectivity index (χ0n) is 12.4. The van der Waals surface area contributed by atoms with E-state index in [1.54, 1.807) is 12.1 Å². The number of hydrogen-bond donors (Lipinski definition) is 1. The third-order valence-electron chi connectivity index (χ3n) is 2.72. The zero-order chi connectivity index (χ0) is 15.0. The van der Waals surface area contributed by atoms with Crippen LogP contribution in [0, 0.1) is 11.7 Å². The lowest BCUT2D eigenvalue weighted by atomic mass is 10.1. The monoisotopic (exact) mass is 285 g/mol. The van der Waals surface area contributed by atoms with E-state index in [1.807, 2.05) is 0 Å². The average molecular weight is 285 g/mol.